The van der Waals surface area contributed by atoms with Crippen LogP contribution in [0.5, 0.6) is 5.75 Å². The molecular weight excluding hydrogens is 511 g/mol. The third-order valence-electron chi connectivity index (χ3n) is 4.81. The van der Waals surface area contributed by atoms with Gasteiger partial charge in [0.1, 0.15) is 5.75 Å². The number of nitrogens with one attached hydrogen (secondary N) is 2. The topological polar surface area (TPSA) is 67.8 Å². The monoisotopic (exact) mass is 544 g/mol. The second-order valence-electron chi connectivity index (χ2n) is 7.38. The first-order valence-electron chi connectivity index (χ1n) is 10.4. The number of rotatable bonds is 9. The fourth-order valence-electron chi connectivity index (χ4n) is 3.19. The minimum atomic E-state index is 0. The quantitative estimate of drug-likeness (QED) is 0.283. The number of nitrogens with zero attached hydrogens (tertiary/aromatic N) is 2. The average Bonchev–Trinajstić information content (AvgIpc) is 3.37. The fourth-order valence-corrected chi connectivity index (χ4v) is 3.83. The highest BCUT2D eigenvalue weighted by Gasteiger charge is 2.17. The Labute approximate surface area is 200 Å². The zero-order valence-electron chi connectivity index (χ0n) is 18.1. The van der Waals surface area contributed by atoms with Crippen LogP contribution in [-0.2, 0) is 17.7 Å². The summed E-state index contributed by atoms with van der Waals surface area (Å²) in [4.78, 5) is 9.27. The van der Waals surface area contributed by atoms with E-state index in [-0.39, 0.29) is 24.0 Å². The van der Waals surface area contributed by atoms with Gasteiger partial charge in [-0.1, -0.05) is 12.1 Å². The van der Waals surface area contributed by atoms with Crippen LogP contribution in [0.4, 0.5) is 0 Å². The van der Waals surface area contributed by atoms with Gasteiger partial charge < -0.3 is 20.1 Å². The highest BCUT2D eigenvalue weighted by Crippen LogP contribution is 2.23. The number of hydrogen-bond acceptors (Lipinski definition) is 5. The minimum Gasteiger partial charge on any atom is -0.493 e. The molecule has 1 unspecified atom stereocenters. The van der Waals surface area contributed by atoms with Crippen molar-refractivity contribution < 1.29 is 9.47 Å². The minimum absolute atomic E-state index is 0. The maximum atomic E-state index is 6.14. The Balaban J connectivity index is 0.00000320. The normalized spacial score (nSPS) is 16.2. The van der Waals surface area contributed by atoms with Gasteiger partial charge in [-0.25, -0.2) is 9.98 Å². The molecule has 1 atom stereocenters. The second-order valence-corrected chi connectivity index (χ2v) is 8.44. The molecule has 1 aromatic carbocycles. The summed E-state index contributed by atoms with van der Waals surface area (Å²) in [6.07, 6.45) is 1.96. The molecule has 1 aromatic heterocycles. The number of halogens is 1. The fraction of sp³-hybridized carbons (Fsp3) is 0.545. The number of benzene rings is 1. The molecule has 3 rings (SSSR count). The number of hydrogen-bond donors (Lipinski definition) is 2. The van der Waals surface area contributed by atoms with E-state index in [1.807, 2.05) is 6.92 Å². The zero-order valence-corrected chi connectivity index (χ0v) is 21.2. The van der Waals surface area contributed by atoms with Crippen LogP contribution >= 0.6 is 35.3 Å². The summed E-state index contributed by atoms with van der Waals surface area (Å²) in [5, 5.41) is 9.94. The molecule has 1 saturated heterocycles. The van der Waals surface area contributed by atoms with E-state index < -0.39 is 0 Å². The SMILES string of the molecule is CCNC(=NCc1ccc(C)cc1OCC1CCOC1)NCCc1csc(C)n1.I. The van der Waals surface area contributed by atoms with Gasteiger partial charge in [0, 0.05) is 43.0 Å². The lowest BCUT2D eigenvalue weighted by Gasteiger charge is -2.15. The zero-order chi connectivity index (χ0) is 20.5. The Morgan fingerprint density at radius 3 is 2.90 bits per heavy atom. The van der Waals surface area contributed by atoms with Gasteiger partial charge in [0.15, 0.2) is 5.96 Å². The molecular formula is C22H33IN4O2S. The van der Waals surface area contributed by atoms with Crippen molar-refractivity contribution >= 4 is 41.3 Å². The molecule has 2 N–H and O–H groups in total. The molecule has 0 bridgehead atoms. The number of aryl methyl sites for hydroxylation is 2. The van der Waals surface area contributed by atoms with Crippen LogP contribution in [0.1, 0.15) is 35.2 Å². The van der Waals surface area contributed by atoms with Gasteiger partial charge in [-0.3, -0.25) is 0 Å². The Hall–Kier alpha value is -1.39. The highest BCUT2D eigenvalue weighted by molar-refractivity contribution is 14.0. The van der Waals surface area contributed by atoms with E-state index in [0.29, 0.717) is 19.1 Å². The van der Waals surface area contributed by atoms with Crippen molar-refractivity contribution in [2.75, 3.05) is 32.9 Å². The lowest BCUT2D eigenvalue weighted by Crippen LogP contribution is -2.38. The Morgan fingerprint density at radius 2 is 2.20 bits per heavy atom. The molecule has 166 valence electrons. The molecule has 30 heavy (non-hydrogen) atoms. The van der Waals surface area contributed by atoms with E-state index in [9.17, 15) is 0 Å². The van der Waals surface area contributed by atoms with E-state index in [0.717, 1.165) is 67.1 Å². The van der Waals surface area contributed by atoms with E-state index in [4.69, 9.17) is 14.5 Å². The van der Waals surface area contributed by atoms with Gasteiger partial charge in [-0.2, -0.15) is 0 Å². The largest absolute Gasteiger partial charge is 0.493 e. The Morgan fingerprint density at radius 1 is 1.33 bits per heavy atom. The summed E-state index contributed by atoms with van der Waals surface area (Å²) in [7, 11) is 0. The number of guanidine groups is 1. The van der Waals surface area contributed by atoms with Crippen LogP contribution in [0.15, 0.2) is 28.6 Å². The summed E-state index contributed by atoms with van der Waals surface area (Å²) in [5.74, 6) is 2.23. The summed E-state index contributed by atoms with van der Waals surface area (Å²) in [6, 6.07) is 6.33. The second kappa shape index (κ2) is 13.1. The first-order chi connectivity index (χ1) is 14.1. The summed E-state index contributed by atoms with van der Waals surface area (Å²) in [5.41, 5.74) is 3.42. The molecule has 1 aliphatic rings. The van der Waals surface area contributed by atoms with Gasteiger partial charge in [0.25, 0.3) is 0 Å². The summed E-state index contributed by atoms with van der Waals surface area (Å²) >= 11 is 1.69. The average molecular weight is 545 g/mol. The Bertz CT molecular complexity index is 806. The molecule has 6 nitrogen and oxygen atoms in total. The van der Waals surface area contributed by atoms with Gasteiger partial charge in [0.2, 0.25) is 0 Å². The predicted molar refractivity (Wildman–Crippen MR) is 134 cm³/mol. The van der Waals surface area contributed by atoms with Crippen molar-refractivity contribution in [1.82, 2.24) is 15.6 Å². The van der Waals surface area contributed by atoms with Crippen LogP contribution in [0.25, 0.3) is 0 Å². The number of ether oxygens (including phenoxy) is 2. The highest BCUT2D eigenvalue weighted by atomic mass is 127. The van der Waals surface area contributed by atoms with Crippen molar-refractivity contribution in [3.63, 3.8) is 0 Å². The lowest BCUT2D eigenvalue weighted by molar-refractivity contribution is 0.166. The predicted octanol–water partition coefficient (Wildman–Crippen LogP) is 4.09. The maximum absolute atomic E-state index is 6.14. The maximum Gasteiger partial charge on any atom is 0.191 e. The molecule has 1 fully saturated rings. The van der Waals surface area contributed by atoms with Crippen molar-refractivity contribution in [3.8, 4) is 5.75 Å². The van der Waals surface area contributed by atoms with Crippen LogP contribution < -0.4 is 15.4 Å². The Kier molecular flexibility index (Phi) is 10.9. The van der Waals surface area contributed by atoms with Crippen LogP contribution in [0, 0.1) is 19.8 Å². The van der Waals surface area contributed by atoms with Crippen LogP contribution in [0.3, 0.4) is 0 Å². The first-order valence-corrected chi connectivity index (χ1v) is 11.2. The van der Waals surface area contributed by atoms with Gasteiger partial charge in [0.05, 0.1) is 30.5 Å². The molecule has 2 aromatic rings. The molecule has 0 aliphatic carbocycles. The summed E-state index contributed by atoms with van der Waals surface area (Å²) in [6.45, 7) is 10.7. The van der Waals surface area contributed by atoms with E-state index in [1.165, 1.54) is 5.56 Å². The van der Waals surface area contributed by atoms with E-state index in [2.05, 4.69) is 53.0 Å². The number of thiazole rings is 1. The molecule has 0 spiro atoms. The molecule has 0 saturated carbocycles. The van der Waals surface area contributed by atoms with Crippen LogP contribution in [-0.4, -0.2) is 43.9 Å². The van der Waals surface area contributed by atoms with E-state index >= 15 is 0 Å². The molecule has 0 radical (unpaired) electrons. The first kappa shape index (κ1) is 24.9. The molecule has 0 amide bonds. The number of aliphatic imine (C=N–C) groups is 1. The summed E-state index contributed by atoms with van der Waals surface area (Å²) < 4.78 is 11.6. The van der Waals surface area contributed by atoms with Gasteiger partial charge in [-0.05, 0) is 38.8 Å². The van der Waals surface area contributed by atoms with Crippen molar-refractivity contribution in [3.05, 3.63) is 45.4 Å². The van der Waals surface area contributed by atoms with Gasteiger partial charge >= 0.3 is 0 Å². The molecule has 1 aliphatic heterocycles. The molecule has 2 heterocycles. The third kappa shape index (κ3) is 8.03. The van der Waals surface area contributed by atoms with Crippen molar-refractivity contribution in [2.45, 2.75) is 40.2 Å². The smallest absolute Gasteiger partial charge is 0.191 e. The van der Waals surface area contributed by atoms with Crippen molar-refractivity contribution in [2.24, 2.45) is 10.9 Å². The van der Waals surface area contributed by atoms with Gasteiger partial charge in [-0.15, -0.1) is 35.3 Å². The number of aromatic nitrogens is 1. The molecule has 8 heteroatoms. The van der Waals surface area contributed by atoms with Crippen molar-refractivity contribution in [1.29, 1.82) is 0 Å². The lowest BCUT2D eigenvalue weighted by atomic mass is 10.1. The standard InChI is InChI=1S/C22H32N4O2S.HI/c1-4-23-22(24-9-7-20-15-29-17(3)26-20)25-12-19-6-5-16(2)11-21(19)28-14-18-8-10-27-13-18;/h5-6,11,15,18H,4,7-10,12-14H2,1-3H3,(H2,23,24,25);1H. The third-order valence-corrected chi connectivity index (χ3v) is 5.64. The van der Waals surface area contributed by atoms with E-state index in [1.54, 1.807) is 11.3 Å². The van der Waals surface area contributed by atoms with Crippen LogP contribution in [0.2, 0.25) is 0 Å².